The van der Waals surface area contributed by atoms with Gasteiger partial charge >= 0.3 is 0 Å². The van der Waals surface area contributed by atoms with E-state index in [1.165, 1.54) is 0 Å². The second-order valence-corrected chi connectivity index (χ2v) is 8.32. The van der Waals surface area contributed by atoms with Crippen molar-refractivity contribution < 1.29 is 14.1 Å². The Morgan fingerprint density at radius 1 is 1.11 bits per heavy atom. The van der Waals surface area contributed by atoms with E-state index in [1.807, 2.05) is 24.3 Å². The van der Waals surface area contributed by atoms with E-state index >= 15 is 0 Å². The lowest BCUT2D eigenvalue weighted by Gasteiger charge is -2.12. The number of ether oxygens (including phenoxy) is 1. The van der Waals surface area contributed by atoms with Crippen molar-refractivity contribution in [2.75, 3.05) is 5.32 Å². The molecule has 1 atom stereocenters. The number of anilines is 1. The summed E-state index contributed by atoms with van der Waals surface area (Å²) in [4.78, 5) is 12.7. The molecule has 0 aliphatic carbocycles. The fraction of sp³-hybridized carbons (Fsp3) is 0.0500. The van der Waals surface area contributed by atoms with Gasteiger partial charge in [0.15, 0.2) is 4.90 Å². The average molecular weight is 480 g/mol. The summed E-state index contributed by atoms with van der Waals surface area (Å²) in [6.45, 7) is 0. The van der Waals surface area contributed by atoms with Crippen LogP contribution in [0.1, 0.15) is 5.56 Å². The summed E-state index contributed by atoms with van der Waals surface area (Å²) in [6.07, 6.45) is 0.202. The van der Waals surface area contributed by atoms with E-state index in [0.29, 0.717) is 27.1 Å². The maximum atomic E-state index is 12.4. The molecule has 5 nitrogen and oxygen atoms in total. The lowest BCUT2D eigenvalue weighted by molar-refractivity contribution is -0.115. The minimum absolute atomic E-state index is 0.202. The van der Waals surface area contributed by atoms with Crippen LogP contribution in [-0.4, -0.2) is 10.5 Å². The van der Waals surface area contributed by atoms with Crippen molar-refractivity contribution in [1.82, 2.24) is 0 Å². The fourth-order valence-electron chi connectivity index (χ4n) is 2.48. The van der Waals surface area contributed by atoms with Crippen LogP contribution in [-0.2, 0) is 22.6 Å². The molecule has 3 N–H and O–H groups in total. The Labute approximate surface area is 179 Å². The molecule has 3 aromatic rings. The van der Waals surface area contributed by atoms with Crippen LogP contribution >= 0.6 is 27.5 Å². The Hall–Kier alpha value is -2.03. The third kappa shape index (κ3) is 5.98. The van der Waals surface area contributed by atoms with Crippen LogP contribution in [0.25, 0.3) is 0 Å². The van der Waals surface area contributed by atoms with E-state index in [2.05, 4.69) is 21.2 Å². The van der Waals surface area contributed by atoms with Crippen LogP contribution in [0.3, 0.4) is 0 Å². The van der Waals surface area contributed by atoms with Gasteiger partial charge in [-0.25, -0.2) is 0 Å². The first-order chi connectivity index (χ1) is 13.4. The van der Waals surface area contributed by atoms with Crippen molar-refractivity contribution in [3.8, 4) is 11.5 Å². The Bertz CT molecular complexity index is 983. The molecule has 0 saturated carbocycles. The largest absolute Gasteiger partial charge is 0.593 e. The first-order valence-corrected chi connectivity index (χ1v) is 10.6. The molecule has 0 bridgehead atoms. The zero-order chi connectivity index (χ0) is 20.1. The molecule has 8 heteroatoms. The molecule has 144 valence electrons. The van der Waals surface area contributed by atoms with E-state index in [1.54, 1.807) is 42.5 Å². The third-order valence-electron chi connectivity index (χ3n) is 3.71. The Balaban J connectivity index is 1.78. The summed E-state index contributed by atoms with van der Waals surface area (Å²) in [5, 5.41) is 8.83. The van der Waals surface area contributed by atoms with E-state index in [4.69, 9.17) is 21.5 Å². The molecule has 0 spiro atoms. The normalized spacial score (nSPS) is 11.7. The summed E-state index contributed by atoms with van der Waals surface area (Å²) < 4.78 is 18.5. The SMILES string of the molecule is N[S+]([O-])c1cc(NC(=O)Cc2ccc(Br)cc2)cc(Oc2cccc(Cl)c2)c1. The van der Waals surface area contributed by atoms with Gasteiger partial charge in [-0.3, -0.25) is 4.79 Å². The number of rotatable bonds is 6. The molecule has 3 aromatic carbocycles. The molecule has 1 unspecified atom stereocenters. The van der Waals surface area contributed by atoms with E-state index in [9.17, 15) is 9.35 Å². The molecule has 0 aliphatic rings. The predicted octanol–water partition coefficient (Wildman–Crippen LogP) is 5.06. The van der Waals surface area contributed by atoms with Crippen molar-refractivity contribution in [2.24, 2.45) is 5.14 Å². The molecule has 0 aliphatic heterocycles. The van der Waals surface area contributed by atoms with Crippen LogP contribution in [0, 0.1) is 0 Å². The topological polar surface area (TPSA) is 87.4 Å². The highest BCUT2D eigenvalue weighted by atomic mass is 79.9. The van der Waals surface area contributed by atoms with Crippen LogP contribution in [0.2, 0.25) is 5.02 Å². The number of hydrogen-bond donors (Lipinski definition) is 2. The van der Waals surface area contributed by atoms with Gasteiger partial charge in [0.1, 0.15) is 11.5 Å². The highest BCUT2D eigenvalue weighted by Gasteiger charge is 2.13. The minimum Gasteiger partial charge on any atom is -0.593 e. The summed E-state index contributed by atoms with van der Waals surface area (Å²) in [5.74, 6) is 0.688. The Kier molecular flexibility index (Phi) is 6.98. The van der Waals surface area contributed by atoms with Crippen LogP contribution in [0.5, 0.6) is 11.5 Å². The minimum atomic E-state index is -1.73. The fourth-order valence-corrected chi connectivity index (χ4v) is 3.40. The van der Waals surface area contributed by atoms with Gasteiger partial charge < -0.3 is 14.6 Å². The Morgan fingerprint density at radius 3 is 2.54 bits per heavy atom. The zero-order valence-electron chi connectivity index (χ0n) is 14.5. The highest BCUT2D eigenvalue weighted by molar-refractivity contribution is 9.10. The van der Waals surface area contributed by atoms with Gasteiger partial charge in [-0.05, 0) is 35.9 Å². The number of benzene rings is 3. The molecule has 28 heavy (non-hydrogen) atoms. The molecular weight excluding hydrogens is 464 g/mol. The van der Waals surface area contributed by atoms with E-state index in [-0.39, 0.29) is 12.3 Å². The van der Waals surface area contributed by atoms with Gasteiger partial charge in [0.25, 0.3) is 0 Å². The monoisotopic (exact) mass is 478 g/mol. The average Bonchev–Trinajstić information content (AvgIpc) is 2.63. The van der Waals surface area contributed by atoms with Gasteiger partial charge in [0.2, 0.25) is 5.91 Å². The van der Waals surface area contributed by atoms with Gasteiger partial charge in [-0.2, -0.15) is 0 Å². The lowest BCUT2D eigenvalue weighted by atomic mass is 10.1. The van der Waals surface area contributed by atoms with Crippen molar-refractivity contribution >= 4 is 50.5 Å². The standard InChI is InChI=1S/C20H16BrClN2O3S/c21-14-6-4-13(5-7-14)8-20(25)24-16-10-18(12-19(11-16)28(23)26)27-17-3-1-2-15(22)9-17/h1-7,9-12H,8,23H2,(H,24,25). The molecule has 0 radical (unpaired) electrons. The second kappa shape index (κ2) is 9.45. The smallest absolute Gasteiger partial charge is 0.228 e. The van der Waals surface area contributed by atoms with Gasteiger partial charge in [0, 0.05) is 33.4 Å². The summed E-state index contributed by atoms with van der Waals surface area (Å²) in [7, 11) is 0. The molecular formula is C20H16BrClN2O3S. The number of nitrogens with one attached hydrogen (secondary N) is 1. The zero-order valence-corrected chi connectivity index (χ0v) is 17.7. The summed E-state index contributed by atoms with van der Waals surface area (Å²) >= 11 is 7.60. The highest BCUT2D eigenvalue weighted by Crippen LogP contribution is 2.29. The van der Waals surface area contributed by atoms with Gasteiger partial charge in [-0.15, -0.1) is 5.14 Å². The maximum absolute atomic E-state index is 12.4. The van der Waals surface area contributed by atoms with Crippen molar-refractivity contribution in [2.45, 2.75) is 11.3 Å². The number of hydrogen-bond acceptors (Lipinski definition) is 4. The quantitative estimate of drug-likeness (QED) is 0.484. The predicted molar refractivity (Wildman–Crippen MR) is 115 cm³/mol. The number of halogens is 2. The van der Waals surface area contributed by atoms with Crippen LogP contribution in [0.15, 0.2) is 76.1 Å². The van der Waals surface area contributed by atoms with Crippen LogP contribution in [0.4, 0.5) is 5.69 Å². The van der Waals surface area contributed by atoms with Crippen molar-refractivity contribution in [3.05, 3.63) is 81.8 Å². The van der Waals surface area contributed by atoms with E-state index in [0.717, 1.165) is 10.0 Å². The van der Waals surface area contributed by atoms with Crippen molar-refractivity contribution in [1.29, 1.82) is 0 Å². The van der Waals surface area contributed by atoms with Crippen molar-refractivity contribution in [3.63, 3.8) is 0 Å². The molecule has 0 fully saturated rings. The number of carbonyl (C=O) groups excluding carboxylic acids is 1. The Morgan fingerprint density at radius 2 is 1.86 bits per heavy atom. The first-order valence-electron chi connectivity index (χ1n) is 8.18. The number of carbonyl (C=O) groups is 1. The summed E-state index contributed by atoms with van der Waals surface area (Å²) in [5.41, 5.74) is 1.31. The maximum Gasteiger partial charge on any atom is 0.228 e. The third-order valence-corrected chi connectivity index (χ3v) is 5.17. The first kappa shape index (κ1) is 20.7. The van der Waals surface area contributed by atoms with Crippen LogP contribution < -0.4 is 15.2 Å². The molecule has 1 amide bonds. The van der Waals surface area contributed by atoms with Gasteiger partial charge in [0.05, 0.1) is 17.8 Å². The summed E-state index contributed by atoms with van der Waals surface area (Å²) in [6, 6.07) is 19.1. The molecule has 0 saturated heterocycles. The lowest BCUT2D eigenvalue weighted by Crippen LogP contribution is -2.16. The molecule has 0 heterocycles. The molecule has 0 aromatic heterocycles. The van der Waals surface area contributed by atoms with Gasteiger partial charge in [-0.1, -0.05) is 45.7 Å². The number of nitrogens with two attached hydrogens (primary N) is 1. The van der Waals surface area contributed by atoms with E-state index < -0.39 is 11.4 Å². The second-order valence-electron chi connectivity index (χ2n) is 5.90. The number of amides is 1. The molecule has 3 rings (SSSR count).